The van der Waals surface area contributed by atoms with Crippen molar-refractivity contribution in [2.45, 2.75) is 0 Å². The summed E-state index contributed by atoms with van der Waals surface area (Å²) in [6.45, 7) is 0. The molecule has 0 heterocycles. The van der Waals surface area contributed by atoms with Crippen molar-refractivity contribution in [2.75, 3.05) is 0 Å². The molecule has 0 aliphatic carbocycles. The molecule has 0 rings (SSSR count). The molecule has 0 spiro atoms. The molecule has 0 aromatic carbocycles. The Morgan fingerprint density at radius 2 is 1.12 bits per heavy atom. The molecule has 0 saturated heterocycles. The molecule has 0 radical (unpaired) electrons. The van der Waals surface area contributed by atoms with Crippen LogP contribution in [0.2, 0.25) is 0 Å². The van der Waals surface area contributed by atoms with Gasteiger partial charge < -0.3 is 4.70 Å². The van der Waals surface area contributed by atoms with Gasteiger partial charge in [-0.15, -0.1) is 0 Å². The fourth-order valence-corrected chi connectivity index (χ4v) is 0. The van der Waals surface area contributed by atoms with Gasteiger partial charge in [-0.3, -0.25) is 0 Å². The third kappa shape index (κ3) is 104. The first kappa shape index (κ1) is 22.5. The summed E-state index contributed by atoms with van der Waals surface area (Å²) in [6, 6.07) is 0. The van der Waals surface area contributed by atoms with E-state index in [1.165, 1.54) is 0 Å². The Hall–Kier alpha value is 1.90. The topological polar surface area (TPSA) is 86.2 Å². The van der Waals surface area contributed by atoms with Gasteiger partial charge in [0.15, 0.2) is 0 Å². The van der Waals surface area contributed by atoms with Crippen molar-refractivity contribution in [2.24, 2.45) is 0 Å². The number of halogens is 1. The first-order valence-corrected chi connectivity index (χ1v) is 3.01. The van der Waals surface area contributed by atoms with Gasteiger partial charge in [-0.25, -0.2) is 0 Å². The molecule has 0 amide bonds. The van der Waals surface area contributed by atoms with Gasteiger partial charge in [0.05, 0.1) is 0 Å². The van der Waals surface area contributed by atoms with E-state index in [0.717, 1.165) is 0 Å². The zero-order valence-electron chi connectivity index (χ0n) is 4.04. The van der Waals surface area contributed by atoms with Crippen LogP contribution in [0.3, 0.4) is 0 Å². The molecule has 0 bridgehead atoms. The molecule has 0 aliphatic rings. The standard InChI is InChI=1S/FH.Li.4O.V.Y/h1H;;;;;;;/q;+1;;3*-1;;+3/p-1. The predicted molar refractivity (Wildman–Crippen MR) is 0.686 cm³/mol. The van der Waals surface area contributed by atoms with E-state index >= 15 is 0 Å². The molecule has 0 N–H and O–H groups in total. The largest absolute Gasteiger partial charge is 3.00 e. The van der Waals surface area contributed by atoms with Crippen LogP contribution in [0.1, 0.15) is 0 Å². The van der Waals surface area contributed by atoms with Crippen molar-refractivity contribution >= 4 is 0 Å². The van der Waals surface area contributed by atoms with Gasteiger partial charge in [-0.05, 0) is 0 Å². The van der Waals surface area contributed by atoms with Crippen molar-refractivity contribution < 1.29 is 87.1 Å². The number of hydrogen-bond donors (Lipinski definition) is 0. The monoisotopic (exact) mass is 230 g/mol. The molecule has 0 aliphatic heterocycles. The van der Waals surface area contributed by atoms with Crippen LogP contribution in [0.5, 0.6) is 0 Å². The van der Waals surface area contributed by atoms with Gasteiger partial charge in [0.1, 0.15) is 0 Å². The van der Waals surface area contributed by atoms with Crippen molar-refractivity contribution in [3.63, 3.8) is 0 Å². The Morgan fingerprint density at radius 3 is 1.12 bits per heavy atom. The molecule has 0 aromatic rings. The summed E-state index contributed by atoms with van der Waals surface area (Å²) < 4.78 is 34.4. The molecule has 0 aromatic heterocycles. The smallest absolute Gasteiger partial charge is 3.00 e. The van der Waals surface area contributed by atoms with Crippen LogP contribution in [0.4, 0.5) is 0 Å². The summed E-state index contributed by atoms with van der Waals surface area (Å²) in [4.78, 5) is 0. The molecule has 40 valence electrons. The Balaban J connectivity index is -0.0000000267. The summed E-state index contributed by atoms with van der Waals surface area (Å²) in [5, 5.41) is 0. The quantitative estimate of drug-likeness (QED) is 0.386. The van der Waals surface area contributed by atoms with E-state index in [-0.39, 0.29) is 56.3 Å². The molecule has 0 saturated carbocycles. The number of hydrogen-bond acceptors (Lipinski definition) is 4. The van der Waals surface area contributed by atoms with Gasteiger partial charge in [-0.2, -0.15) is 0 Å². The SMILES string of the molecule is [F-].[Li+].[O]=[V]([O-])([O-])[O-].[Y+3]. The summed E-state index contributed by atoms with van der Waals surface area (Å²) in [6.07, 6.45) is 0. The second-order valence-corrected chi connectivity index (χ2v) is 1.84. The molecule has 0 atom stereocenters. The molecular weight excluding hydrogens is 230 g/mol. The van der Waals surface area contributed by atoms with Crippen LogP contribution in [-0.4, -0.2) is 0 Å². The minimum atomic E-state index is -5.88. The summed E-state index contributed by atoms with van der Waals surface area (Å²) in [5.74, 6) is 0. The van der Waals surface area contributed by atoms with E-state index in [0.29, 0.717) is 0 Å². The zero-order chi connectivity index (χ0) is 4.50. The maximum Gasteiger partial charge on any atom is 3.00 e. The second kappa shape index (κ2) is 8.90. The molecular formula is FLiO4VY. The second-order valence-electron chi connectivity index (χ2n) is 0.447. The Labute approximate surface area is 86.0 Å². The fourth-order valence-electron chi connectivity index (χ4n) is 0. The van der Waals surface area contributed by atoms with Crippen LogP contribution in [0, 0.1) is 0 Å². The minimum Gasteiger partial charge on any atom is 3.00 e. The van der Waals surface area contributed by atoms with E-state index in [2.05, 4.69) is 0 Å². The molecule has 8 heavy (non-hydrogen) atoms. The zero-order valence-corrected chi connectivity index (χ0v) is 8.27. The molecule has 4 nitrogen and oxygen atoms in total. The molecule has 0 unspecified atom stereocenters. The summed E-state index contributed by atoms with van der Waals surface area (Å²) in [7, 11) is 0. The molecule has 0 fully saturated rings. The predicted octanol–water partition coefficient (Wildman–Crippen LogP) is -9.68. The minimum absolute atomic E-state index is 0. The van der Waals surface area contributed by atoms with E-state index in [4.69, 9.17) is 15.8 Å². The van der Waals surface area contributed by atoms with Gasteiger partial charge in [0.2, 0.25) is 0 Å². The van der Waals surface area contributed by atoms with Crippen LogP contribution < -0.4 is 35.7 Å². The third-order valence-electron chi connectivity index (χ3n) is 0. The Morgan fingerprint density at radius 1 is 1.12 bits per heavy atom. The van der Waals surface area contributed by atoms with Crippen molar-refractivity contribution in [3.8, 4) is 0 Å². The number of rotatable bonds is 0. The van der Waals surface area contributed by atoms with E-state index < -0.39 is 15.0 Å². The van der Waals surface area contributed by atoms with Crippen LogP contribution in [0.15, 0.2) is 0 Å². The van der Waals surface area contributed by atoms with Gasteiger partial charge in [-0.1, -0.05) is 0 Å². The van der Waals surface area contributed by atoms with E-state index in [1.807, 2.05) is 0 Å². The van der Waals surface area contributed by atoms with Crippen LogP contribution in [-0.2, 0) is 51.4 Å². The van der Waals surface area contributed by atoms with Crippen molar-refractivity contribution in [1.82, 2.24) is 0 Å². The third-order valence-corrected chi connectivity index (χ3v) is 0. The summed E-state index contributed by atoms with van der Waals surface area (Å²) in [5.41, 5.74) is 0. The van der Waals surface area contributed by atoms with E-state index in [9.17, 15) is 0 Å². The van der Waals surface area contributed by atoms with E-state index in [1.54, 1.807) is 0 Å². The van der Waals surface area contributed by atoms with Crippen molar-refractivity contribution in [3.05, 3.63) is 0 Å². The first-order chi connectivity index (χ1) is 2.00. The van der Waals surface area contributed by atoms with Crippen LogP contribution in [0.25, 0.3) is 0 Å². The normalized spacial score (nSPS) is 7.38. The van der Waals surface area contributed by atoms with Crippen molar-refractivity contribution in [1.29, 1.82) is 0 Å². The van der Waals surface area contributed by atoms with Gasteiger partial charge in [0, 0.05) is 0 Å². The molecule has 8 heteroatoms. The average molecular weight is 230 g/mol. The maximum absolute atomic E-state index is 8.61. The fraction of sp³-hybridized carbons (Fsp3) is 0. The maximum atomic E-state index is 8.61. The first-order valence-electron chi connectivity index (χ1n) is 0.730. The van der Waals surface area contributed by atoms with Gasteiger partial charge in [0.25, 0.3) is 0 Å². The average Bonchev–Trinajstić information content (AvgIpc) is 0.722. The summed E-state index contributed by atoms with van der Waals surface area (Å²) >= 11 is -5.88. The van der Waals surface area contributed by atoms with Gasteiger partial charge >= 0.3 is 82.4 Å². The van der Waals surface area contributed by atoms with Crippen LogP contribution >= 0.6 is 0 Å². The Bertz CT molecular complexity index is 62.2. The Kier molecular flexibility index (Phi) is 25.1.